The van der Waals surface area contributed by atoms with Gasteiger partial charge in [-0.05, 0) is 37.5 Å². The fourth-order valence-electron chi connectivity index (χ4n) is 2.23. The van der Waals surface area contributed by atoms with Crippen LogP contribution >= 0.6 is 11.3 Å². The van der Waals surface area contributed by atoms with Crippen molar-refractivity contribution >= 4 is 22.4 Å². The molecule has 5 nitrogen and oxygen atoms in total. The highest BCUT2D eigenvalue weighted by Gasteiger charge is 2.11. The van der Waals surface area contributed by atoms with Gasteiger partial charge in [0.25, 0.3) is 5.91 Å². The highest BCUT2D eigenvalue weighted by atomic mass is 32.1. The van der Waals surface area contributed by atoms with Gasteiger partial charge in [0.05, 0.1) is 11.9 Å². The minimum absolute atomic E-state index is 0.284. The predicted molar refractivity (Wildman–Crippen MR) is 95.6 cm³/mol. The molecule has 0 fully saturated rings. The van der Waals surface area contributed by atoms with Crippen molar-refractivity contribution in [3.63, 3.8) is 0 Å². The maximum Gasteiger partial charge on any atom is 0.277 e. The first-order valence-corrected chi connectivity index (χ1v) is 8.44. The van der Waals surface area contributed by atoms with Crippen molar-refractivity contribution in [3.05, 3.63) is 69.7 Å². The summed E-state index contributed by atoms with van der Waals surface area (Å²) in [6.07, 6.45) is 5.64. The molecule has 6 heteroatoms. The van der Waals surface area contributed by atoms with Crippen LogP contribution in [-0.4, -0.2) is 20.9 Å². The van der Waals surface area contributed by atoms with Crippen molar-refractivity contribution < 1.29 is 4.79 Å². The zero-order chi connectivity index (χ0) is 17.1. The molecule has 0 radical (unpaired) electrons. The third-order valence-corrected chi connectivity index (χ3v) is 4.65. The van der Waals surface area contributed by atoms with E-state index < -0.39 is 0 Å². The molecule has 0 spiro atoms. The molecule has 2 heterocycles. The van der Waals surface area contributed by atoms with Crippen LogP contribution in [0.5, 0.6) is 0 Å². The van der Waals surface area contributed by atoms with Crippen molar-refractivity contribution in [2.24, 2.45) is 0 Å². The van der Waals surface area contributed by atoms with Crippen LogP contribution in [0, 0.1) is 20.8 Å². The Labute approximate surface area is 144 Å². The van der Waals surface area contributed by atoms with Gasteiger partial charge in [-0.1, -0.05) is 18.2 Å². The summed E-state index contributed by atoms with van der Waals surface area (Å²) in [5.74, 6) is -0.297. The van der Waals surface area contributed by atoms with Crippen LogP contribution in [0.3, 0.4) is 0 Å². The number of hydrogen-bond donors (Lipinski definition) is 1. The molecule has 122 valence electrons. The van der Waals surface area contributed by atoms with Gasteiger partial charge in [-0.3, -0.25) is 15.1 Å². The summed E-state index contributed by atoms with van der Waals surface area (Å²) < 4.78 is 0. The lowest BCUT2D eigenvalue weighted by atomic mass is 10.0. The van der Waals surface area contributed by atoms with E-state index >= 15 is 0 Å². The van der Waals surface area contributed by atoms with Crippen LogP contribution in [-0.2, 0) is 6.42 Å². The van der Waals surface area contributed by atoms with E-state index in [2.05, 4.69) is 52.3 Å². The topological polar surface area (TPSA) is 67.8 Å². The van der Waals surface area contributed by atoms with Gasteiger partial charge >= 0.3 is 0 Å². The van der Waals surface area contributed by atoms with Crippen molar-refractivity contribution in [2.45, 2.75) is 27.2 Å². The number of nitrogens with zero attached hydrogens (tertiary/aromatic N) is 3. The minimum atomic E-state index is -0.297. The Morgan fingerprint density at radius 1 is 1.04 bits per heavy atom. The summed E-state index contributed by atoms with van der Waals surface area (Å²) in [7, 11) is 0. The number of carbonyl (C=O) groups excluding carboxylic acids is 1. The van der Waals surface area contributed by atoms with E-state index in [1.165, 1.54) is 34.2 Å². The molecule has 0 unspecified atom stereocenters. The van der Waals surface area contributed by atoms with Crippen LogP contribution in [0.25, 0.3) is 0 Å². The largest absolute Gasteiger partial charge is 0.296 e. The number of aromatic nitrogens is 3. The van der Waals surface area contributed by atoms with E-state index in [1.54, 1.807) is 12.4 Å². The van der Waals surface area contributed by atoms with E-state index in [-0.39, 0.29) is 11.6 Å². The summed E-state index contributed by atoms with van der Waals surface area (Å²) in [6, 6.07) is 6.45. The lowest BCUT2D eigenvalue weighted by Gasteiger charge is -2.03. The second kappa shape index (κ2) is 6.88. The van der Waals surface area contributed by atoms with E-state index in [9.17, 15) is 4.79 Å². The second-order valence-electron chi connectivity index (χ2n) is 5.72. The lowest BCUT2D eigenvalue weighted by Crippen LogP contribution is -2.13. The Kier molecular flexibility index (Phi) is 4.66. The summed E-state index contributed by atoms with van der Waals surface area (Å²) in [5, 5.41) is 3.34. The van der Waals surface area contributed by atoms with Gasteiger partial charge in [0.15, 0.2) is 5.13 Å². The Hall–Kier alpha value is -2.60. The standard InChI is InChI=1S/C18H18N4OS/c1-11-4-5-14(6-12(11)2)7-15-9-21-18(24-15)22-17(23)16-10-19-13(3)8-20-16/h4-6,8-10H,7H2,1-3H3,(H,21,22,23). The molecule has 3 rings (SSSR count). The molecule has 2 aromatic heterocycles. The van der Waals surface area contributed by atoms with Crippen molar-refractivity contribution in [1.29, 1.82) is 0 Å². The van der Waals surface area contributed by atoms with Crippen LogP contribution in [0.2, 0.25) is 0 Å². The molecule has 1 N–H and O–H groups in total. The Bertz CT molecular complexity index is 871. The fraction of sp³-hybridized carbons (Fsp3) is 0.222. The quantitative estimate of drug-likeness (QED) is 0.787. The number of aryl methyl sites for hydroxylation is 3. The molecule has 0 aliphatic rings. The third-order valence-electron chi connectivity index (χ3n) is 3.74. The van der Waals surface area contributed by atoms with Crippen LogP contribution < -0.4 is 5.32 Å². The lowest BCUT2D eigenvalue weighted by molar-refractivity contribution is 0.102. The highest BCUT2D eigenvalue weighted by Crippen LogP contribution is 2.22. The molecular formula is C18H18N4OS. The van der Waals surface area contributed by atoms with Gasteiger partial charge in [0, 0.05) is 23.7 Å². The average Bonchev–Trinajstić information content (AvgIpc) is 2.98. The monoisotopic (exact) mass is 338 g/mol. The Morgan fingerprint density at radius 3 is 2.58 bits per heavy atom. The predicted octanol–water partition coefficient (Wildman–Crippen LogP) is 3.70. The Morgan fingerprint density at radius 2 is 1.88 bits per heavy atom. The summed E-state index contributed by atoms with van der Waals surface area (Å²) in [5.41, 5.74) is 4.87. The van der Waals surface area contributed by atoms with Gasteiger partial charge in [-0.2, -0.15) is 0 Å². The number of rotatable bonds is 4. The van der Waals surface area contributed by atoms with Gasteiger partial charge in [0.2, 0.25) is 0 Å². The molecule has 0 aliphatic heterocycles. The molecule has 1 amide bonds. The molecular weight excluding hydrogens is 320 g/mol. The Balaban J connectivity index is 1.67. The van der Waals surface area contributed by atoms with Crippen molar-refractivity contribution in [3.8, 4) is 0 Å². The van der Waals surface area contributed by atoms with E-state index in [0.717, 1.165) is 17.0 Å². The van der Waals surface area contributed by atoms with Crippen molar-refractivity contribution in [1.82, 2.24) is 15.0 Å². The number of anilines is 1. The fourth-order valence-corrected chi connectivity index (χ4v) is 3.07. The van der Waals surface area contributed by atoms with Gasteiger partial charge < -0.3 is 0 Å². The molecule has 24 heavy (non-hydrogen) atoms. The minimum Gasteiger partial charge on any atom is -0.296 e. The highest BCUT2D eigenvalue weighted by molar-refractivity contribution is 7.15. The zero-order valence-electron chi connectivity index (χ0n) is 13.8. The molecule has 3 aromatic rings. The van der Waals surface area contributed by atoms with E-state index in [4.69, 9.17) is 0 Å². The maximum absolute atomic E-state index is 12.1. The summed E-state index contributed by atoms with van der Waals surface area (Å²) in [6.45, 7) is 6.04. The smallest absolute Gasteiger partial charge is 0.277 e. The van der Waals surface area contributed by atoms with Crippen LogP contribution in [0.1, 0.15) is 37.7 Å². The van der Waals surface area contributed by atoms with Crippen LogP contribution in [0.4, 0.5) is 5.13 Å². The van der Waals surface area contributed by atoms with Gasteiger partial charge in [-0.25, -0.2) is 9.97 Å². The zero-order valence-corrected chi connectivity index (χ0v) is 14.6. The van der Waals surface area contributed by atoms with E-state index in [0.29, 0.717) is 5.13 Å². The molecule has 0 bridgehead atoms. The molecule has 1 aromatic carbocycles. The number of thiazole rings is 1. The second-order valence-corrected chi connectivity index (χ2v) is 6.84. The number of hydrogen-bond acceptors (Lipinski definition) is 5. The van der Waals surface area contributed by atoms with Gasteiger partial charge in [0.1, 0.15) is 5.69 Å². The first-order chi connectivity index (χ1) is 11.5. The molecule has 0 aliphatic carbocycles. The number of amides is 1. The number of carbonyl (C=O) groups is 1. The average molecular weight is 338 g/mol. The summed E-state index contributed by atoms with van der Waals surface area (Å²) in [4.78, 5) is 25.6. The third kappa shape index (κ3) is 3.83. The first-order valence-electron chi connectivity index (χ1n) is 7.62. The molecule has 0 atom stereocenters. The normalized spacial score (nSPS) is 10.6. The maximum atomic E-state index is 12.1. The SMILES string of the molecule is Cc1cnc(C(=O)Nc2ncc(Cc3ccc(C)c(C)c3)s2)cn1. The van der Waals surface area contributed by atoms with E-state index in [1.807, 2.05) is 6.92 Å². The number of nitrogens with one attached hydrogen (secondary N) is 1. The van der Waals surface area contributed by atoms with Gasteiger partial charge in [-0.15, -0.1) is 11.3 Å². The molecule has 0 saturated heterocycles. The number of benzene rings is 1. The summed E-state index contributed by atoms with van der Waals surface area (Å²) >= 11 is 1.47. The van der Waals surface area contributed by atoms with Crippen molar-refractivity contribution in [2.75, 3.05) is 5.32 Å². The van der Waals surface area contributed by atoms with Crippen LogP contribution in [0.15, 0.2) is 36.8 Å². The molecule has 0 saturated carbocycles. The first kappa shape index (κ1) is 16.3.